The first-order valence-electron chi connectivity index (χ1n) is 8.31. The van der Waals surface area contributed by atoms with Crippen LogP contribution in [0.5, 0.6) is 0 Å². The molecular weight excluding hydrogens is 394 g/mol. The third-order valence-electron chi connectivity index (χ3n) is 4.13. The average Bonchev–Trinajstić information content (AvgIpc) is 2.83. The molecular formula is C15H21F4N3O4S. The number of carbonyl (C=O) groups excluding carboxylic acids is 1. The number of ether oxygens (including phenoxy) is 1. The van der Waals surface area contributed by atoms with Crippen molar-refractivity contribution in [2.24, 2.45) is 0 Å². The van der Waals surface area contributed by atoms with Gasteiger partial charge in [-0.15, -0.1) is 0 Å². The Morgan fingerprint density at radius 2 is 1.93 bits per heavy atom. The number of aryl methyl sites for hydroxylation is 1. The normalized spacial score (nSPS) is 17.3. The molecule has 0 bridgehead atoms. The summed E-state index contributed by atoms with van der Waals surface area (Å²) in [5.41, 5.74) is -0.660. The lowest BCUT2D eigenvalue weighted by Gasteiger charge is -2.32. The first-order chi connectivity index (χ1) is 12.4. The Morgan fingerprint density at radius 3 is 2.44 bits per heavy atom. The highest BCUT2D eigenvalue weighted by atomic mass is 32.2. The number of H-pyrrole nitrogens is 1. The number of likely N-dealkylation sites (tertiary alicyclic amines) is 1. The molecule has 0 saturated carbocycles. The lowest BCUT2D eigenvalue weighted by Crippen LogP contribution is -2.47. The topological polar surface area (TPSA) is 91.5 Å². The monoisotopic (exact) mass is 415 g/mol. The zero-order valence-electron chi connectivity index (χ0n) is 14.8. The van der Waals surface area contributed by atoms with E-state index in [9.17, 15) is 30.8 Å². The Bertz CT molecular complexity index is 784. The van der Waals surface area contributed by atoms with Gasteiger partial charge in [0.1, 0.15) is 4.90 Å². The molecule has 27 heavy (non-hydrogen) atoms. The van der Waals surface area contributed by atoms with Crippen molar-refractivity contribution in [2.75, 3.05) is 26.2 Å². The molecule has 0 unspecified atom stereocenters. The second-order valence-corrected chi connectivity index (χ2v) is 7.93. The smallest absolute Gasteiger partial charge is 0.401 e. The molecule has 1 aliphatic rings. The minimum Gasteiger partial charge on any atom is -0.461 e. The van der Waals surface area contributed by atoms with E-state index in [-0.39, 0.29) is 38.2 Å². The minimum atomic E-state index is -4.32. The second-order valence-electron chi connectivity index (χ2n) is 6.28. The van der Waals surface area contributed by atoms with Gasteiger partial charge in [0, 0.05) is 11.7 Å². The second kappa shape index (κ2) is 8.15. The van der Waals surface area contributed by atoms with Gasteiger partial charge in [-0.25, -0.2) is 22.3 Å². The number of esters is 1. The average molecular weight is 415 g/mol. The lowest BCUT2D eigenvalue weighted by molar-refractivity contribution is -0.148. The van der Waals surface area contributed by atoms with E-state index in [4.69, 9.17) is 0 Å². The van der Waals surface area contributed by atoms with Crippen LogP contribution in [-0.4, -0.2) is 62.7 Å². The molecule has 7 nitrogen and oxygen atoms in total. The zero-order valence-corrected chi connectivity index (χ0v) is 15.6. The summed E-state index contributed by atoms with van der Waals surface area (Å²) >= 11 is 0. The zero-order chi connectivity index (χ0) is 20.4. The number of piperidine rings is 1. The first-order valence-corrected chi connectivity index (χ1v) is 9.79. The van der Waals surface area contributed by atoms with Gasteiger partial charge >= 0.3 is 12.1 Å². The molecule has 0 atom stereocenters. The molecule has 154 valence electrons. The number of alkyl halides is 3. The van der Waals surface area contributed by atoms with E-state index in [0.717, 1.165) is 0 Å². The first kappa shape index (κ1) is 21.6. The van der Waals surface area contributed by atoms with Crippen molar-refractivity contribution in [3.63, 3.8) is 0 Å². The number of hydrogen-bond acceptors (Lipinski definition) is 5. The van der Waals surface area contributed by atoms with Crippen molar-refractivity contribution < 1.29 is 35.5 Å². The molecule has 0 amide bonds. The van der Waals surface area contributed by atoms with Crippen molar-refractivity contribution in [3.8, 4) is 0 Å². The Kier molecular flexibility index (Phi) is 6.53. The van der Waals surface area contributed by atoms with E-state index in [1.165, 1.54) is 18.7 Å². The SMILES string of the molecule is CCOC(=O)c1[nH]c(C)c(S(=O)(=O)NC2CCN(CC(F)(F)F)CC2)c1F. The van der Waals surface area contributed by atoms with Crippen LogP contribution >= 0.6 is 0 Å². The molecule has 1 fully saturated rings. The van der Waals surface area contributed by atoms with Gasteiger partial charge in [0.15, 0.2) is 11.5 Å². The van der Waals surface area contributed by atoms with Crippen LogP contribution in [0.1, 0.15) is 35.9 Å². The standard InChI is InChI=1S/C15H21F4N3O4S/c1-3-26-14(23)12-11(16)13(9(2)20-12)27(24,25)21-10-4-6-22(7-5-10)8-15(17,18)19/h10,20-21H,3-8H2,1-2H3. The predicted molar refractivity (Wildman–Crippen MR) is 87.3 cm³/mol. The number of sulfonamides is 1. The number of rotatable bonds is 6. The fourth-order valence-electron chi connectivity index (χ4n) is 2.98. The van der Waals surface area contributed by atoms with Gasteiger partial charge in [0.25, 0.3) is 0 Å². The Balaban J connectivity index is 2.09. The molecule has 2 heterocycles. The third kappa shape index (κ3) is 5.42. The number of carbonyl (C=O) groups is 1. The molecule has 0 aromatic carbocycles. The van der Waals surface area contributed by atoms with Crippen molar-refractivity contribution in [2.45, 2.75) is 43.8 Å². The van der Waals surface area contributed by atoms with Crippen LogP contribution in [0.2, 0.25) is 0 Å². The lowest BCUT2D eigenvalue weighted by atomic mass is 10.1. The van der Waals surface area contributed by atoms with Crippen molar-refractivity contribution in [3.05, 3.63) is 17.2 Å². The molecule has 1 aromatic rings. The van der Waals surface area contributed by atoms with Gasteiger partial charge in [-0.3, -0.25) is 4.90 Å². The number of aromatic amines is 1. The molecule has 1 saturated heterocycles. The number of nitrogens with one attached hydrogen (secondary N) is 2. The van der Waals surface area contributed by atoms with Crippen molar-refractivity contribution in [1.29, 1.82) is 0 Å². The quantitative estimate of drug-likeness (QED) is 0.547. The number of hydrogen-bond donors (Lipinski definition) is 2. The van der Waals surface area contributed by atoms with Gasteiger partial charge in [-0.05, 0) is 39.8 Å². The predicted octanol–water partition coefficient (Wildman–Crippen LogP) is 1.94. The van der Waals surface area contributed by atoms with E-state index in [0.29, 0.717) is 0 Å². The van der Waals surface area contributed by atoms with Crippen LogP contribution < -0.4 is 4.72 Å². The fourth-order valence-corrected chi connectivity index (χ4v) is 4.57. The molecule has 0 radical (unpaired) electrons. The number of aromatic nitrogens is 1. The summed E-state index contributed by atoms with van der Waals surface area (Å²) in [7, 11) is -4.31. The van der Waals surface area contributed by atoms with Crippen molar-refractivity contribution in [1.82, 2.24) is 14.6 Å². The fraction of sp³-hybridized carbons (Fsp3) is 0.667. The molecule has 1 aromatic heterocycles. The minimum absolute atomic E-state index is 0.00677. The highest BCUT2D eigenvalue weighted by molar-refractivity contribution is 7.89. The van der Waals surface area contributed by atoms with Crippen LogP contribution in [0, 0.1) is 12.7 Å². The Hall–Kier alpha value is -1.66. The summed E-state index contributed by atoms with van der Waals surface area (Å²) < 4.78 is 83.7. The Morgan fingerprint density at radius 1 is 1.33 bits per heavy atom. The summed E-state index contributed by atoms with van der Waals surface area (Å²) in [5, 5.41) is 0. The maximum atomic E-state index is 14.5. The molecule has 0 aliphatic carbocycles. The molecule has 2 N–H and O–H groups in total. The molecule has 12 heteroatoms. The van der Waals surface area contributed by atoms with E-state index < -0.39 is 51.2 Å². The van der Waals surface area contributed by atoms with Crippen LogP contribution in [0.15, 0.2) is 4.90 Å². The summed E-state index contributed by atoms with van der Waals surface area (Å²) in [5.74, 6) is -2.26. The largest absolute Gasteiger partial charge is 0.461 e. The van der Waals surface area contributed by atoms with Gasteiger partial charge in [-0.2, -0.15) is 13.2 Å². The molecule has 1 aliphatic heterocycles. The van der Waals surface area contributed by atoms with Crippen molar-refractivity contribution >= 4 is 16.0 Å². The van der Waals surface area contributed by atoms with E-state index >= 15 is 0 Å². The Labute approximate surface area is 154 Å². The van der Waals surface area contributed by atoms with Crippen LogP contribution in [0.3, 0.4) is 0 Å². The maximum absolute atomic E-state index is 14.5. The molecule has 0 spiro atoms. The van der Waals surface area contributed by atoms with E-state index in [2.05, 4.69) is 14.4 Å². The van der Waals surface area contributed by atoms with Crippen LogP contribution in [0.25, 0.3) is 0 Å². The molecule has 2 rings (SSSR count). The highest BCUT2D eigenvalue weighted by Gasteiger charge is 2.35. The van der Waals surface area contributed by atoms with Crippen LogP contribution in [-0.2, 0) is 14.8 Å². The number of halogens is 4. The number of nitrogens with zero attached hydrogens (tertiary/aromatic N) is 1. The maximum Gasteiger partial charge on any atom is 0.401 e. The van der Waals surface area contributed by atoms with Gasteiger partial charge in [0.2, 0.25) is 10.0 Å². The summed E-state index contributed by atoms with van der Waals surface area (Å²) in [4.78, 5) is 14.6. The van der Waals surface area contributed by atoms with Gasteiger partial charge in [0.05, 0.1) is 13.2 Å². The summed E-state index contributed by atoms with van der Waals surface area (Å²) in [6.45, 7) is 1.89. The summed E-state index contributed by atoms with van der Waals surface area (Å²) in [6.07, 6.45) is -4.00. The third-order valence-corrected chi connectivity index (χ3v) is 5.80. The van der Waals surface area contributed by atoms with Gasteiger partial charge < -0.3 is 9.72 Å². The summed E-state index contributed by atoms with van der Waals surface area (Å²) in [6, 6.07) is -0.626. The van der Waals surface area contributed by atoms with E-state index in [1.54, 1.807) is 0 Å². The van der Waals surface area contributed by atoms with Crippen LogP contribution in [0.4, 0.5) is 17.6 Å². The highest BCUT2D eigenvalue weighted by Crippen LogP contribution is 2.25. The van der Waals surface area contributed by atoms with Gasteiger partial charge in [-0.1, -0.05) is 0 Å². The van der Waals surface area contributed by atoms with E-state index in [1.807, 2.05) is 0 Å².